The van der Waals surface area contributed by atoms with Gasteiger partial charge in [0.2, 0.25) is 0 Å². The lowest BCUT2D eigenvalue weighted by atomic mass is 9.46. The number of epoxide rings is 1. The van der Waals surface area contributed by atoms with E-state index in [4.69, 9.17) is 4.74 Å². The summed E-state index contributed by atoms with van der Waals surface area (Å²) in [5.74, 6) is 3.25. The molecule has 3 nitrogen and oxygen atoms in total. The van der Waals surface area contributed by atoms with Crippen molar-refractivity contribution in [1.29, 1.82) is 0 Å². The van der Waals surface area contributed by atoms with E-state index in [1.807, 2.05) is 0 Å². The molecule has 4 saturated carbocycles. The molecule has 0 aromatic carbocycles. The molecule has 3 unspecified atom stereocenters. The van der Waals surface area contributed by atoms with E-state index in [2.05, 4.69) is 26.0 Å². The van der Waals surface area contributed by atoms with Crippen molar-refractivity contribution >= 4 is 11.6 Å². The van der Waals surface area contributed by atoms with Crippen LogP contribution in [0.4, 0.5) is 0 Å². The molecular formula is C20H24O3. The molecule has 1 heterocycles. The highest BCUT2D eigenvalue weighted by molar-refractivity contribution is 5.94. The molecule has 5 fully saturated rings. The third-order valence-corrected chi connectivity index (χ3v) is 9.05. The highest BCUT2D eigenvalue weighted by Crippen LogP contribution is 2.76. The van der Waals surface area contributed by atoms with Gasteiger partial charge in [-0.1, -0.05) is 26.0 Å². The van der Waals surface area contributed by atoms with Crippen LogP contribution in [0, 0.1) is 40.4 Å². The predicted octanol–water partition coefficient (Wildman–Crippen LogP) is 2.93. The normalized spacial score (nSPS) is 64.4. The Morgan fingerprint density at radius 1 is 1.13 bits per heavy atom. The lowest BCUT2D eigenvalue weighted by Gasteiger charge is -2.56. The monoisotopic (exact) mass is 312 g/mol. The average Bonchev–Trinajstić information content (AvgIpc) is 3.41. The number of fused-ring (bicyclic) bond motifs is 6. The van der Waals surface area contributed by atoms with E-state index in [-0.39, 0.29) is 28.5 Å². The molecule has 9 atom stereocenters. The van der Waals surface area contributed by atoms with Crippen LogP contribution in [0.2, 0.25) is 0 Å². The number of carbonyl (C=O) groups is 2. The Morgan fingerprint density at radius 3 is 2.78 bits per heavy atom. The molecule has 1 spiro atoms. The Labute approximate surface area is 136 Å². The van der Waals surface area contributed by atoms with Gasteiger partial charge in [-0.05, 0) is 49.4 Å². The zero-order valence-electron chi connectivity index (χ0n) is 13.9. The summed E-state index contributed by atoms with van der Waals surface area (Å²) in [5, 5.41) is 0. The van der Waals surface area contributed by atoms with E-state index in [1.54, 1.807) is 0 Å². The van der Waals surface area contributed by atoms with E-state index in [0.717, 1.165) is 32.1 Å². The number of allylic oxidation sites excluding steroid dienone is 1. The maximum atomic E-state index is 12.5. The molecule has 122 valence electrons. The highest BCUT2D eigenvalue weighted by atomic mass is 16.6. The second kappa shape index (κ2) is 3.51. The molecule has 1 saturated heterocycles. The van der Waals surface area contributed by atoms with Crippen LogP contribution >= 0.6 is 0 Å². The van der Waals surface area contributed by atoms with E-state index >= 15 is 0 Å². The summed E-state index contributed by atoms with van der Waals surface area (Å²) in [5.41, 5.74) is -0.272. The first-order chi connectivity index (χ1) is 10.9. The summed E-state index contributed by atoms with van der Waals surface area (Å²) in [6.45, 7) is 4.62. The molecule has 0 aromatic heterocycles. The van der Waals surface area contributed by atoms with Crippen LogP contribution in [0.1, 0.15) is 46.0 Å². The van der Waals surface area contributed by atoms with Gasteiger partial charge in [-0.2, -0.15) is 0 Å². The first-order valence-electron chi connectivity index (χ1n) is 9.38. The van der Waals surface area contributed by atoms with Crippen LogP contribution in [0.5, 0.6) is 0 Å². The minimum atomic E-state index is -0.292. The quantitative estimate of drug-likeness (QED) is 0.510. The molecular weight excluding hydrogens is 288 g/mol. The van der Waals surface area contributed by atoms with Crippen LogP contribution < -0.4 is 0 Å². The van der Waals surface area contributed by atoms with E-state index in [9.17, 15) is 9.59 Å². The fourth-order valence-electron chi connectivity index (χ4n) is 7.56. The first kappa shape index (κ1) is 13.3. The predicted molar refractivity (Wildman–Crippen MR) is 83.5 cm³/mol. The van der Waals surface area contributed by atoms with Gasteiger partial charge < -0.3 is 4.74 Å². The van der Waals surface area contributed by atoms with Gasteiger partial charge in [-0.25, -0.2) is 0 Å². The maximum absolute atomic E-state index is 12.5. The molecule has 3 heteroatoms. The molecule has 0 aromatic rings. The van der Waals surface area contributed by atoms with E-state index < -0.39 is 0 Å². The fourth-order valence-corrected chi connectivity index (χ4v) is 7.56. The lowest BCUT2D eigenvalue weighted by molar-refractivity contribution is -0.133. The van der Waals surface area contributed by atoms with E-state index in [0.29, 0.717) is 35.2 Å². The standard InChI is InChI=1S/C20H24O3/c1-18-7-6-13-10(12(18)3-4-15(18)21)5-8-20-17(23-20)16(22)11-9-14(11)19(13,20)2/h5,8,10-14,17H,3-4,6-7,9H2,1-2H3/t10-,11-,12-,13-,14?,17?,18-,19-,20?/m0/s1. The van der Waals surface area contributed by atoms with Gasteiger partial charge >= 0.3 is 0 Å². The SMILES string of the molecule is C[C@]12CC[C@H]3[C@@H](C=CC45OC4C(=O)[C@H]4CC4[C@]35C)[C@@H]1CCC2=O. The van der Waals surface area contributed by atoms with Crippen LogP contribution in [0.15, 0.2) is 12.2 Å². The molecule has 0 amide bonds. The Morgan fingerprint density at radius 2 is 1.96 bits per heavy atom. The minimum Gasteiger partial charge on any atom is -0.353 e. The van der Waals surface area contributed by atoms with Crippen molar-refractivity contribution in [3.63, 3.8) is 0 Å². The Hall–Kier alpha value is -0.960. The molecule has 1 aliphatic heterocycles. The lowest BCUT2D eigenvalue weighted by Crippen LogP contribution is -2.57. The van der Waals surface area contributed by atoms with E-state index in [1.165, 1.54) is 0 Å². The van der Waals surface area contributed by atoms with Crippen molar-refractivity contribution in [2.75, 3.05) is 0 Å². The third-order valence-electron chi connectivity index (χ3n) is 9.05. The molecule has 0 N–H and O–H groups in total. The van der Waals surface area contributed by atoms with Gasteiger partial charge in [0.25, 0.3) is 0 Å². The number of Topliss-reactive ketones (excluding diaryl/α,β-unsaturated/α-hetero) is 2. The molecule has 6 aliphatic rings. The first-order valence-corrected chi connectivity index (χ1v) is 9.38. The van der Waals surface area contributed by atoms with Crippen LogP contribution in [0.25, 0.3) is 0 Å². The van der Waals surface area contributed by atoms with Gasteiger partial charge in [0.15, 0.2) is 11.9 Å². The van der Waals surface area contributed by atoms with Crippen LogP contribution in [-0.4, -0.2) is 23.3 Å². The summed E-state index contributed by atoms with van der Waals surface area (Å²) in [6, 6.07) is 0. The molecule has 0 bridgehead atoms. The number of rotatable bonds is 0. The second-order valence-corrected chi connectivity index (χ2v) is 9.49. The molecule has 0 radical (unpaired) electrons. The van der Waals surface area contributed by atoms with Crippen molar-refractivity contribution in [1.82, 2.24) is 0 Å². The Bertz CT molecular complexity index is 695. The highest BCUT2D eigenvalue weighted by Gasteiger charge is 2.83. The van der Waals surface area contributed by atoms with Gasteiger partial charge in [-0.3, -0.25) is 9.59 Å². The number of ether oxygens (including phenoxy) is 1. The smallest absolute Gasteiger partial charge is 0.168 e. The van der Waals surface area contributed by atoms with Crippen LogP contribution in [-0.2, 0) is 14.3 Å². The zero-order valence-corrected chi connectivity index (χ0v) is 13.9. The average molecular weight is 312 g/mol. The Balaban J connectivity index is 1.48. The molecule has 23 heavy (non-hydrogen) atoms. The Kier molecular flexibility index (Phi) is 2.04. The summed E-state index contributed by atoms with van der Waals surface area (Å²) in [7, 11) is 0. The van der Waals surface area contributed by atoms with Crippen molar-refractivity contribution in [2.45, 2.75) is 57.7 Å². The minimum absolute atomic E-state index is 0.0936. The summed E-state index contributed by atoms with van der Waals surface area (Å²) >= 11 is 0. The van der Waals surface area contributed by atoms with Gasteiger partial charge in [0.05, 0.1) is 0 Å². The third kappa shape index (κ3) is 1.19. The maximum Gasteiger partial charge on any atom is 0.168 e. The molecule has 5 aliphatic carbocycles. The topological polar surface area (TPSA) is 46.7 Å². The number of carbonyl (C=O) groups excluding carboxylic acids is 2. The van der Waals surface area contributed by atoms with Gasteiger partial charge in [0.1, 0.15) is 11.4 Å². The second-order valence-electron chi connectivity index (χ2n) is 9.49. The zero-order chi connectivity index (χ0) is 15.8. The van der Waals surface area contributed by atoms with Crippen molar-refractivity contribution in [3.05, 3.63) is 12.2 Å². The van der Waals surface area contributed by atoms with Crippen molar-refractivity contribution < 1.29 is 14.3 Å². The molecule has 6 rings (SSSR count). The van der Waals surface area contributed by atoms with Crippen molar-refractivity contribution in [3.8, 4) is 0 Å². The summed E-state index contributed by atoms with van der Waals surface area (Å²) in [6.07, 6.45) is 9.50. The van der Waals surface area contributed by atoms with Gasteiger partial charge in [0, 0.05) is 23.2 Å². The largest absolute Gasteiger partial charge is 0.353 e. The van der Waals surface area contributed by atoms with Crippen molar-refractivity contribution in [2.24, 2.45) is 40.4 Å². The number of hydrogen-bond acceptors (Lipinski definition) is 3. The summed E-state index contributed by atoms with van der Waals surface area (Å²) < 4.78 is 6.09. The number of hydrogen-bond donors (Lipinski definition) is 0. The number of ketones is 2. The van der Waals surface area contributed by atoms with Crippen LogP contribution in [0.3, 0.4) is 0 Å². The fraction of sp³-hybridized carbons (Fsp3) is 0.800. The van der Waals surface area contributed by atoms with Gasteiger partial charge in [-0.15, -0.1) is 0 Å². The summed E-state index contributed by atoms with van der Waals surface area (Å²) in [4.78, 5) is 24.9.